The molecule has 0 atom stereocenters. The molecule has 0 spiro atoms. The predicted octanol–water partition coefficient (Wildman–Crippen LogP) is 2.87. The van der Waals surface area contributed by atoms with Gasteiger partial charge in [-0.3, -0.25) is 4.57 Å². The van der Waals surface area contributed by atoms with E-state index < -0.39 is 12.9 Å². The summed E-state index contributed by atoms with van der Waals surface area (Å²) in [6.07, 6.45) is 2.43. The van der Waals surface area contributed by atoms with Crippen LogP contribution < -0.4 is 0 Å². The molecule has 0 amide bonds. The third-order valence-electron chi connectivity index (χ3n) is 2.53. The molecule has 0 aliphatic rings. The van der Waals surface area contributed by atoms with Gasteiger partial charge in [0.2, 0.25) is 0 Å². The number of alkyl halides is 1. The lowest BCUT2D eigenvalue weighted by Gasteiger charge is -2.32. The second-order valence-corrected chi connectivity index (χ2v) is 6.14. The zero-order valence-corrected chi connectivity index (χ0v) is 11.8. The van der Waals surface area contributed by atoms with E-state index in [1.807, 2.05) is 0 Å². The van der Waals surface area contributed by atoms with Crippen molar-refractivity contribution < 1.29 is 19.1 Å². The fraction of sp³-hybridized carbons (Fsp3) is 1.00. The molecule has 0 saturated heterocycles. The molecular formula is C9H20BrO4P. The van der Waals surface area contributed by atoms with Crippen molar-refractivity contribution in [2.45, 2.75) is 44.9 Å². The molecule has 0 aromatic carbocycles. The molecule has 2 N–H and O–H groups in total. The summed E-state index contributed by atoms with van der Waals surface area (Å²) in [5.41, 5.74) is 0. The summed E-state index contributed by atoms with van der Waals surface area (Å²) in [4.78, 5) is 18.5. The first kappa shape index (κ1) is 15.6. The lowest BCUT2D eigenvalue weighted by atomic mass is 10.2. The normalized spacial score (nSPS) is 13.1. The van der Waals surface area contributed by atoms with Crippen molar-refractivity contribution >= 4 is 23.5 Å². The number of hydrogen-bond donors (Lipinski definition) is 2. The quantitative estimate of drug-likeness (QED) is 0.411. The summed E-state index contributed by atoms with van der Waals surface area (Å²) in [5.74, 6) is 0. The summed E-state index contributed by atoms with van der Waals surface area (Å²) >= 11 is 3.29. The van der Waals surface area contributed by atoms with Gasteiger partial charge in [-0.25, -0.2) is 0 Å². The average Bonchev–Trinajstić information content (AvgIpc) is 2.17. The van der Waals surface area contributed by atoms with Crippen LogP contribution >= 0.6 is 23.5 Å². The highest BCUT2D eigenvalue weighted by molar-refractivity contribution is 9.09. The lowest BCUT2D eigenvalue weighted by Crippen LogP contribution is -2.31. The smallest absolute Gasteiger partial charge is 0.357 e. The number of rotatable bonds is 8. The van der Waals surface area contributed by atoms with Crippen molar-refractivity contribution in [2.75, 3.05) is 11.9 Å². The van der Waals surface area contributed by atoms with E-state index in [4.69, 9.17) is 4.74 Å². The summed E-state index contributed by atoms with van der Waals surface area (Å²) in [6.45, 7) is 3.89. The number of hydrogen-bond acceptors (Lipinski definition) is 2. The molecule has 0 saturated carbocycles. The second kappa shape index (κ2) is 7.02. The molecule has 0 rings (SSSR count). The molecule has 15 heavy (non-hydrogen) atoms. The van der Waals surface area contributed by atoms with Gasteiger partial charge in [-0.2, -0.15) is 0 Å². The highest BCUT2D eigenvalue weighted by Gasteiger charge is 2.44. The van der Waals surface area contributed by atoms with E-state index >= 15 is 0 Å². The Hall–Kier alpha value is 0.590. The Bertz CT molecular complexity index is 212. The monoisotopic (exact) mass is 302 g/mol. The van der Waals surface area contributed by atoms with Gasteiger partial charge >= 0.3 is 7.60 Å². The van der Waals surface area contributed by atoms with Crippen molar-refractivity contribution in [3.8, 4) is 0 Å². The van der Waals surface area contributed by atoms with Crippen LogP contribution in [0.4, 0.5) is 0 Å². The Morgan fingerprint density at radius 2 is 1.80 bits per heavy atom. The molecule has 0 radical (unpaired) electrons. The van der Waals surface area contributed by atoms with Crippen LogP contribution in [0.2, 0.25) is 0 Å². The zero-order chi connectivity index (χ0) is 11.9. The molecule has 4 nitrogen and oxygen atoms in total. The van der Waals surface area contributed by atoms with E-state index in [2.05, 4.69) is 15.9 Å². The van der Waals surface area contributed by atoms with Crippen molar-refractivity contribution in [3.63, 3.8) is 0 Å². The van der Waals surface area contributed by atoms with Crippen LogP contribution in [0.25, 0.3) is 0 Å². The van der Waals surface area contributed by atoms with Gasteiger partial charge in [0.1, 0.15) is 0 Å². The third kappa shape index (κ3) is 4.53. The Kier molecular flexibility index (Phi) is 7.30. The van der Waals surface area contributed by atoms with Crippen LogP contribution in [0.5, 0.6) is 0 Å². The molecule has 0 bridgehead atoms. The molecule has 0 heterocycles. The largest absolute Gasteiger partial charge is 0.362 e. The second-order valence-electron chi connectivity index (χ2n) is 3.44. The molecule has 0 aromatic rings. The average molecular weight is 303 g/mol. The minimum Gasteiger partial charge on any atom is -0.362 e. The van der Waals surface area contributed by atoms with Crippen LogP contribution in [0.1, 0.15) is 39.5 Å². The Labute approximate surface area is 99.7 Å². The summed E-state index contributed by atoms with van der Waals surface area (Å²) in [5, 5.41) is -0.392. The molecule has 0 aliphatic carbocycles. The number of ether oxygens (including phenoxy) is 1. The fourth-order valence-corrected chi connectivity index (χ4v) is 2.89. The maximum absolute atomic E-state index is 11.3. The first-order chi connectivity index (χ1) is 6.93. The number of halogens is 1. The van der Waals surface area contributed by atoms with E-state index in [-0.39, 0.29) is 0 Å². The summed E-state index contributed by atoms with van der Waals surface area (Å²) in [6, 6.07) is 0. The molecule has 92 valence electrons. The maximum atomic E-state index is 11.3. The third-order valence-corrected chi connectivity index (χ3v) is 4.92. The van der Waals surface area contributed by atoms with Crippen LogP contribution in [0, 0.1) is 0 Å². The highest BCUT2D eigenvalue weighted by Crippen LogP contribution is 2.55. The molecule has 0 fully saturated rings. The minimum absolute atomic E-state index is 0.335. The molecule has 0 unspecified atom stereocenters. The highest BCUT2D eigenvalue weighted by atomic mass is 79.9. The minimum atomic E-state index is -4.19. The maximum Gasteiger partial charge on any atom is 0.357 e. The summed E-state index contributed by atoms with van der Waals surface area (Å²) in [7, 11) is -4.19. The van der Waals surface area contributed by atoms with Crippen LogP contribution in [-0.4, -0.2) is 27.1 Å². The van der Waals surface area contributed by atoms with Gasteiger partial charge in [-0.15, -0.1) is 0 Å². The van der Waals surface area contributed by atoms with Gasteiger partial charge in [-0.05, 0) is 25.7 Å². The van der Waals surface area contributed by atoms with Crippen molar-refractivity contribution in [1.82, 2.24) is 0 Å². The molecular weight excluding hydrogens is 283 g/mol. The van der Waals surface area contributed by atoms with Gasteiger partial charge in [0.05, 0.1) is 0 Å². The standard InChI is InChI=1S/C9H20BrO4P/c1-3-9(4-2,15(11,12)13)14-8-6-5-7-10/h3-8H2,1-2H3,(H2,11,12,13). The SMILES string of the molecule is CCC(CC)(OCCCCBr)P(=O)(O)O. The topological polar surface area (TPSA) is 66.8 Å². The van der Waals surface area contributed by atoms with Crippen LogP contribution in [-0.2, 0) is 9.30 Å². The molecule has 6 heteroatoms. The van der Waals surface area contributed by atoms with E-state index in [0.29, 0.717) is 19.4 Å². The van der Waals surface area contributed by atoms with Gasteiger partial charge in [-0.1, -0.05) is 29.8 Å². The van der Waals surface area contributed by atoms with Gasteiger partial charge in [0.15, 0.2) is 5.34 Å². The van der Waals surface area contributed by atoms with Crippen molar-refractivity contribution in [2.24, 2.45) is 0 Å². The molecule has 0 aliphatic heterocycles. The van der Waals surface area contributed by atoms with E-state index in [9.17, 15) is 14.4 Å². The Balaban J connectivity index is 4.33. The van der Waals surface area contributed by atoms with Gasteiger partial charge in [0, 0.05) is 11.9 Å². The lowest BCUT2D eigenvalue weighted by molar-refractivity contribution is -0.00767. The Morgan fingerprint density at radius 1 is 1.27 bits per heavy atom. The zero-order valence-electron chi connectivity index (χ0n) is 9.28. The summed E-state index contributed by atoms with van der Waals surface area (Å²) < 4.78 is 16.8. The first-order valence-electron chi connectivity index (χ1n) is 5.19. The number of unbranched alkanes of at least 4 members (excludes halogenated alkanes) is 1. The van der Waals surface area contributed by atoms with E-state index in [0.717, 1.165) is 18.2 Å². The van der Waals surface area contributed by atoms with Gasteiger partial charge in [0.25, 0.3) is 0 Å². The van der Waals surface area contributed by atoms with E-state index in [1.165, 1.54) is 0 Å². The first-order valence-corrected chi connectivity index (χ1v) is 7.92. The van der Waals surface area contributed by atoms with Crippen molar-refractivity contribution in [3.05, 3.63) is 0 Å². The van der Waals surface area contributed by atoms with Crippen LogP contribution in [0.3, 0.4) is 0 Å². The van der Waals surface area contributed by atoms with Crippen LogP contribution in [0.15, 0.2) is 0 Å². The Morgan fingerprint density at radius 3 is 2.13 bits per heavy atom. The predicted molar refractivity (Wildman–Crippen MR) is 64.3 cm³/mol. The van der Waals surface area contributed by atoms with Crippen molar-refractivity contribution in [1.29, 1.82) is 0 Å². The fourth-order valence-electron chi connectivity index (χ4n) is 1.41. The van der Waals surface area contributed by atoms with E-state index in [1.54, 1.807) is 13.8 Å². The molecule has 0 aromatic heterocycles. The van der Waals surface area contributed by atoms with Gasteiger partial charge < -0.3 is 14.5 Å².